The highest BCUT2D eigenvalue weighted by Crippen LogP contribution is 2.13. The fraction of sp³-hybridized carbons (Fsp3) is 0.308. The molecule has 2 heterocycles. The van der Waals surface area contributed by atoms with Crippen molar-refractivity contribution in [3.05, 3.63) is 44.0 Å². The maximum atomic E-state index is 12.0. The Bertz CT molecular complexity index is 718. The summed E-state index contributed by atoms with van der Waals surface area (Å²) in [6.45, 7) is 3.77. The number of carbonyl (C=O) groups excluding carboxylic acids is 1. The van der Waals surface area contributed by atoms with E-state index in [4.69, 9.17) is 0 Å². The third-order valence-electron chi connectivity index (χ3n) is 3.17. The van der Waals surface area contributed by atoms with Gasteiger partial charge in [0.1, 0.15) is 5.69 Å². The van der Waals surface area contributed by atoms with Gasteiger partial charge in [-0.1, -0.05) is 0 Å². The van der Waals surface area contributed by atoms with E-state index in [1.807, 2.05) is 20.9 Å². The molecule has 2 N–H and O–H groups in total. The number of nitrogens with zero attached hydrogens (tertiary/aromatic N) is 2. The lowest BCUT2D eigenvalue weighted by Crippen LogP contribution is -2.20. The maximum absolute atomic E-state index is 12.0. The van der Waals surface area contributed by atoms with Gasteiger partial charge in [-0.05, 0) is 29.8 Å². The van der Waals surface area contributed by atoms with E-state index in [1.165, 1.54) is 12.4 Å². The molecular formula is C13H15BrN4O2. The van der Waals surface area contributed by atoms with Crippen LogP contribution in [0.1, 0.15) is 17.0 Å². The number of amides is 1. The Morgan fingerprint density at radius 1 is 1.45 bits per heavy atom. The van der Waals surface area contributed by atoms with Crippen LogP contribution in [0.3, 0.4) is 0 Å². The molecule has 0 fully saturated rings. The van der Waals surface area contributed by atoms with Crippen molar-refractivity contribution < 1.29 is 4.79 Å². The SMILES string of the molecule is Cc1nn(C)c(C)c1CC(=O)Nc1c[nH]cc(Br)c1=O. The highest BCUT2D eigenvalue weighted by molar-refractivity contribution is 9.10. The number of nitrogens with one attached hydrogen (secondary N) is 2. The number of hydrogen-bond donors (Lipinski definition) is 2. The number of anilines is 1. The van der Waals surface area contributed by atoms with Crippen molar-refractivity contribution >= 4 is 27.5 Å². The van der Waals surface area contributed by atoms with Crippen molar-refractivity contribution in [2.75, 3.05) is 5.32 Å². The summed E-state index contributed by atoms with van der Waals surface area (Å²) < 4.78 is 2.12. The van der Waals surface area contributed by atoms with Gasteiger partial charge in [0, 0.05) is 30.7 Å². The van der Waals surface area contributed by atoms with Crippen LogP contribution in [0.2, 0.25) is 0 Å². The first-order valence-electron chi connectivity index (χ1n) is 6.05. The quantitative estimate of drug-likeness (QED) is 0.893. The molecule has 0 aliphatic carbocycles. The van der Waals surface area contributed by atoms with Crippen molar-refractivity contribution in [2.45, 2.75) is 20.3 Å². The lowest BCUT2D eigenvalue weighted by molar-refractivity contribution is -0.115. The first-order valence-corrected chi connectivity index (χ1v) is 6.85. The lowest BCUT2D eigenvalue weighted by Gasteiger charge is -2.05. The number of rotatable bonds is 3. The fourth-order valence-electron chi connectivity index (χ4n) is 1.98. The molecule has 2 aromatic heterocycles. The first kappa shape index (κ1) is 14.5. The zero-order valence-corrected chi connectivity index (χ0v) is 13.0. The molecule has 2 aromatic rings. The van der Waals surface area contributed by atoms with Gasteiger partial charge < -0.3 is 10.3 Å². The number of pyridine rings is 1. The van der Waals surface area contributed by atoms with E-state index in [0.717, 1.165) is 17.0 Å². The molecule has 0 unspecified atom stereocenters. The van der Waals surface area contributed by atoms with Gasteiger partial charge in [-0.2, -0.15) is 5.10 Å². The average molecular weight is 339 g/mol. The van der Waals surface area contributed by atoms with Gasteiger partial charge in [0.15, 0.2) is 0 Å². The molecular weight excluding hydrogens is 324 g/mol. The van der Waals surface area contributed by atoms with Gasteiger partial charge in [0.25, 0.3) is 0 Å². The molecule has 0 aliphatic heterocycles. The van der Waals surface area contributed by atoms with Crippen molar-refractivity contribution in [3.8, 4) is 0 Å². The summed E-state index contributed by atoms with van der Waals surface area (Å²) in [5.41, 5.74) is 2.63. The van der Waals surface area contributed by atoms with Crippen LogP contribution in [0.5, 0.6) is 0 Å². The van der Waals surface area contributed by atoms with Gasteiger partial charge >= 0.3 is 0 Å². The molecule has 0 bridgehead atoms. The van der Waals surface area contributed by atoms with Gasteiger partial charge in [-0.25, -0.2) is 0 Å². The lowest BCUT2D eigenvalue weighted by atomic mass is 10.1. The number of hydrogen-bond acceptors (Lipinski definition) is 3. The molecule has 0 atom stereocenters. The molecule has 0 radical (unpaired) electrons. The van der Waals surface area contributed by atoms with E-state index in [2.05, 4.69) is 31.3 Å². The molecule has 0 saturated heterocycles. The van der Waals surface area contributed by atoms with Crippen LogP contribution in [0.25, 0.3) is 0 Å². The van der Waals surface area contributed by atoms with Crippen molar-refractivity contribution in [2.24, 2.45) is 7.05 Å². The molecule has 0 aliphatic rings. The number of H-pyrrole nitrogens is 1. The minimum absolute atomic E-state index is 0.192. The molecule has 7 heteroatoms. The zero-order valence-electron chi connectivity index (χ0n) is 11.5. The second-order valence-electron chi connectivity index (χ2n) is 4.54. The van der Waals surface area contributed by atoms with Crippen LogP contribution in [0.4, 0.5) is 5.69 Å². The molecule has 0 aromatic carbocycles. The average Bonchev–Trinajstić information content (AvgIpc) is 2.62. The summed E-state index contributed by atoms with van der Waals surface area (Å²) in [7, 11) is 1.84. The van der Waals surface area contributed by atoms with Crippen molar-refractivity contribution in [1.82, 2.24) is 14.8 Å². The number of halogens is 1. The summed E-state index contributed by atoms with van der Waals surface area (Å²) in [4.78, 5) is 26.6. The van der Waals surface area contributed by atoms with Crippen LogP contribution >= 0.6 is 15.9 Å². The van der Waals surface area contributed by atoms with E-state index in [1.54, 1.807) is 4.68 Å². The summed E-state index contributed by atoms with van der Waals surface area (Å²) in [5.74, 6) is -0.243. The van der Waals surface area contributed by atoms with E-state index in [-0.39, 0.29) is 23.4 Å². The van der Waals surface area contributed by atoms with Gasteiger partial charge in [0.2, 0.25) is 11.3 Å². The van der Waals surface area contributed by atoms with E-state index in [9.17, 15) is 9.59 Å². The Morgan fingerprint density at radius 2 is 2.15 bits per heavy atom. The van der Waals surface area contributed by atoms with Crippen LogP contribution in [-0.4, -0.2) is 20.7 Å². The third-order valence-corrected chi connectivity index (χ3v) is 3.76. The van der Waals surface area contributed by atoms with Gasteiger partial charge in [-0.3, -0.25) is 14.3 Å². The summed E-state index contributed by atoms with van der Waals surface area (Å²) in [6, 6.07) is 0. The highest BCUT2D eigenvalue weighted by atomic mass is 79.9. The molecule has 1 amide bonds. The molecule has 20 heavy (non-hydrogen) atoms. The molecule has 0 spiro atoms. The summed E-state index contributed by atoms with van der Waals surface area (Å²) >= 11 is 3.12. The monoisotopic (exact) mass is 338 g/mol. The Kier molecular flexibility index (Phi) is 4.08. The van der Waals surface area contributed by atoms with Crippen molar-refractivity contribution in [3.63, 3.8) is 0 Å². The number of aromatic nitrogens is 3. The Morgan fingerprint density at radius 3 is 2.75 bits per heavy atom. The molecule has 106 valence electrons. The largest absolute Gasteiger partial charge is 0.365 e. The number of aryl methyl sites for hydroxylation is 2. The van der Waals surface area contributed by atoms with Gasteiger partial charge in [-0.15, -0.1) is 0 Å². The minimum Gasteiger partial charge on any atom is -0.365 e. The smallest absolute Gasteiger partial charge is 0.229 e. The number of aromatic amines is 1. The van der Waals surface area contributed by atoms with Crippen LogP contribution in [0.15, 0.2) is 21.7 Å². The van der Waals surface area contributed by atoms with Crippen LogP contribution in [0, 0.1) is 13.8 Å². The normalized spacial score (nSPS) is 10.6. The van der Waals surface area contributed by atoms with E-state index in [0.29, 0.717) is 4.47 Å². The Hall–Kier alpha value is -1.89. The Balaban J connectivity index is 2.17. The highest BCUT2D eigenvalue weighted by Gasteiger charge is 2.14. The Labute approximate surface area is 124 Å². The first-order chi connectivity index (χ1) is 9.40. The topological polar surface area (TPSA) is 79.8 Å². The third kappa shape index (κ3) is 2.82. The second-order valence-corrected chi connectivity index (χ2v) is 5.40. The van der Waals surface area contributed by atoms with E-state index >= 15 is 0 Å². The van der Waals surface area contributed by atoms with Gasteiger partial charge in [0.05, 0.1) is 16.6 Å². The summed E-state index contributed by atoms with van der Waals surface area (Å²) in [5, 5.41) is 6.88. The zero-order chi connectivity index (χ0) is 14.9. The minimum atomic E-state index is -0.253. The predicted molar refractivity (Wildman–Crippen MR) is 79.8 cm³/mol. The molecule has 2 rings (SSSR count). The predicted octanol–water partition coefficient (Wildman–Crippen LogP) is 1.67. The second kappa shape index (κ2) is 5.62. The number of carbonyl (C=O) groups is 1. The molecule has 6 nitrogen and oxygen atoms in total. The summed E-state index contributed by atoms with van der Waals surface area (Å²) in [6.07, 6.45) is 3.18. The maximum Gasteiger partial charge on any atom is 0.229 e. The van der Waals surface area contributed by atoms with Crippen LogP contribution < -0.4 is 10.7 Å². The fourth-order valence-corrected chi connectivity index (χ4v) is 2.32. The van der Waals surface area contributed by atoms with Crippen LogP contribution in [-0.2, 0) is 18.3 Å². The molecule has 0 saturated carbocycles. The van der Waals surface area contributed by atoms with E-state index < -0.39 is 0 Å². The van der Waals surface area contributed by atoms with Crippen molar-refractivity contribution in [1.29, 1.82) is 0 Å². The standard InChI is InChI=1S/C13H15BrN4O2/c1-7-9(8(2)18(3)17-7)4-12(19)16-11-6-15-5-10(14)13(11)20/h5-6H,4H2,1-3H3,(H,15,20)(H,16,19).